The molecule has 2 rings (SSSR count). The first-order chi connectivity index (χ1) is 9.88. The summed E-state index contributed by atoms with van der Waals surface area (Å²) in [5.74, 6) is 0. The minimum atomic E-state index is 0.774. The van der Waals surface area contributed by atoms with E-state index in [9.17, 15) is 0 Å². The number of aryl methyl sites for hydroxylation is 1. The summed E-state index contributed by atoms with van der Waals surface area (Å²) in [5.41, 5.74) is 1.48. The molecule has 1 fully saturated rings. The molecule has 0 amide bonds. The van der Waals surface area contributed by atoms with Crippen molar-refractivity contribution in [2.75, 3.05) is 26.2 Å². The van der Waals surface area contributed by atoms with Crippen LogP contribution in [-0.2, 0) is 6.42 Å². The number of hydrogen-bond donors (Lipinski definition) is 1. The van der Waals surface area contributed by atoms with Crippen molar-refractivity contribution in [2.45, 2.75) is 51.5 Å². The van der Waals surface area contributed by atoms with Crippen molar-refractivity contribution in [1.29, 1.82) is 0 Å². The van der Waals surface area contributed by atoms with Crippen molar-refractivity contribution in [1.82, 2.24) is 10.2 Å². The van der Waals surface area contributed by atoms with Gasteiger partial charge in [0.25, 0.3) is 0 Å². The Morgan fingerprint density at radius 2 is 1.85 bits per heavy atom. The van der Waals surface area contributed by atoms with Crippen LogP contribution in [0.4, 0.5) is 0 Å². The lowest BCUT2D eigenvalue weighted by atomic mass is 10.0. The van der Waals surface area contributed by atoms with Crippen LogP contribution in [0, 0.1) is 0 Å². The number of rotatable bonds is 8. The highest BCUT2D eigenvalue weighted by molar-refractivity contribution is 5.14. The highest BCUT2D eigenvalue weighted by Gasteiger charge is 2.17. The molecule has 0 spiro atoms. The number of nitrogens with zero attached hydrogens (tertiary/aromatic N) is 1. The van der Waals surface area contributed by atoms with Crippen LogP contribution >= 0.6 is 0 Å². The molecule has 0 saturated carbocycles. The molecule has 0 atom stereocenters. The number of piperidine rings is 1. The molecule has 0 aromatic heterocycles. The Balaban J connectivity index is 1.53. The van der Waals surface area contributed by atoms with Gasteiger partial charge in [0, 0.05) is 6.04 Å². The third-order valence-corrected chi connectivity index (χ3v) is 4.30. The van der Waals surface area contributed by atoms with Gasteiger partial charge in [-0.25, -0.2) is 0 Å². The molecule has 1 aliphatic heterocycles. The van der Waals surface area contributed by atoms with Gasteiger partial charge >= 0.3 is 0 Å². The summed E-state index contributed by atoms with van der Waals surface area (Å²) < 4.78 is 0. The van der Waals surface area contributed by atoms with Gasteiger partial charge in [0.2, 0.25) is 0 Å². The third kappa shape index (κ3) is 5.64. The van der Waals surface area contributed by atoms with E-state index < -0.39 is 0 Å². The molecular formula is C18H30N2. The van der Waals surface area contributed by atoms with Crippen LogP contribution in [0.5, 0.6) is 0 Å². The molecule has 0 radical (unpaired) electrons. The van der Waals surface area contributed by atoms with Gasteiger partial charge in [-0.2, -0.15) is 0 Å². The van der Waals surface area contributed by atoms with E-state index in [0.717, 1.165) is 6.04 Å². The van der Waals surface area contributed by atoms with Gasteiger partial charge in [0.15, 0.2) is 0 Å². The van der Waals surface area contributed by atoms with Gasteiger partial charge in [0.05, 0.1) is 0 Å². The molecule has 1 heterocycles. The largest absolute Gasteiger partial charge is 0.314 e. The fourth-order valence-corrected chi connectivity index (χ4v) is 3.02. The summed E-state index contributed by atoms with van der Waals surface area (Å²) in [6, 6.07) is 11.6. The second-order valence-corrected chi connectivity index (χ2v) is 6.01. The van der Waals surface area contributed by atoms with Gasteiger partial charge in [-0.1, -0.05) is 37.3 Å². The normalized spacial score (nSPS) is 17.4. The monoisotopic (exact) mass is 274 g/mol. The topological polar surface area (TPSA) is 15.3 Å². The SMILES string of the molecule is CCCNC1CCN(CCCCc2ccccc2)CC1. The predicted octanol–water partition coefficient (Wildman–Crippen LogP) is 3.47. The molecule has 1 aromatic carbocycles. The first-order valence-electron chi connectivity index (χ1n) is 8.38. The van der Waals surface area contributed by atoms with E-state index in [4.69, 9.17) is 0 Å². The second-order valence-electron chi connectivity index (χ2n) is 6.01. The lowest BCUT2D eigenvalue weighted by molar-refractivity contribution is 0.195. The fourth-order valence-electron chi connectivity index (χ4n) is 3.02. The summed E-state index contributed by atoms with van der Waals surface area (Å²) in [7, 11) is 0. The minimum Gasteiger partial charge on any atom is -0.314 e. The van der Waals surface area contributed by atoms with Crippen molar-refractivity contribution in [3.05, 3.63) is 35.9 Å². The lowest BCUT2D eigenvalue weighted by Gasteiger charge is -2.32. The van der Waals surface area contributed by atoms with Crippen molar-refractivity contribution in [3.63, 3.8) is 0 Å². The maximum absolute atomic E-state index is 3.65. The fraction of sp³-hybridized carbons (Fsp3) is 0.667. The van der Waals surface area contributed by atoms with Gasteiger partial charge in [-0.05, 0) is 70.3 Å². The smallest absolute Gasteiger partial charge is 0.00914 e. The van der Waals surface area contributed by atoms with Gasteiger partial charge in [-0.15, -0.1) is 0 Å². The van der Waals surface area contributed by atoms with Crippen LogP contribution in [0.25, 0.3) is 0 Å². The zero-order chi connectivity index (χ0) is 14.0. The Labute approximate surface area is 124 Å². The standard InChI is InChI=1S/C18H30N2/c1-2-13-19-18-11-15-20(16-12-18)14-7-6-10-17-8-4-3-5-9-17/h3-5,8-9,18-19H,2,6-7,10-16H2,1H3. The zero-order valence-corrected chi connectivity index (χ0v) is 13.0. The molecule has 112 valence electrons. The van der Waals surface area contributed by atoms with Crippen molar-refractivity contribution in [3.8, 4) is 0 Å². The number of benzene rings is 1. The average Bonchev–Trinajstić information content (AvgIpc) is 2.52. The quantitative estimate of drug-likeness (QED) is 0.730. The van der Waals surface area contributed by atoms with Crippen LogP contribution in [0.15, 0.2) is 30.3 Å². The number of likely N-dealkylation sites (tertiary alicyclic amines) is 1. The summed E-state index contributed by atoms with van der Waals surface area (Å²) in [6.07, 6.45) is 7.80. The Kier molecular flexibility index (Phi) is 7.10. The highest BCUT2D eigenvalue weighted by atomic mass is 15.1. The van der Waals surface area contributed by atoms with Crippen LogP contribution < -0.4 is 5.32 Å². The summed E-state index contributed by atoms with van der Waals surface area (Å²) in [6.45, 7) is 7.28. The van der Waals surface area contributed by atoms with E-state index >= 15 is 0 Å². The molecular weight excluding hydrogens is 244 g/mol. The van der Waals surface area contributed by atoms with E-state index in [0.29, 0.717) is 0 Å². The van der Waals surface area contributed by atoms with E-state index in [1.807, 2.05) is 0 Å². The highest BCUT2D eigenvalue weighted by Crippen LogP contribution is 2.12. The first-order valence-corrected chi connectivity index (χ1v) is 8.38. The molecule has 1 saturated heterocycles. The molecule has 1 aliphatic rings. The third-order valence-electron chi connectivity index (χ3n) is 4.30. The van der Waals surface area contributed by atoms with E-state index in [-0.39, 0.29) is 0 Å². The Morgan fingerprint density at radius 1 is 1.10 bits per heavy atom. The van der Waals surface area contributed by atoms with Gasteiger partial charge < -0.3 is 10.2 Å². The minimum absolute atomic E-state index is 0.774. The number of nitrogens with one attached hydrogen (secondary N) is 1. The molecule has 1 aromatic rings. The Morgan fingerprint density at radius 3 is 2.55 bits per heavy atom. The summed E-state index contributed by atoms with van der Waals surface area (Å²) >= 11 is 0. The van der Waals surface area contributed by atoms with Crippen molar-refractivity contribution in [2.24, 2.45) is 0 Å². The molecule has 2 nitrogen and oxygen atoms in total. The molecule has 0 bridgehead atoms. The average molecular weight is 274 g/mol. The maximum atomic E-state index is 3.65. The van der Waals surface area contributed by atoms with Gasteiger partial charge in [-0.3, -0.25) is 0 Å². The molecule has 1 N–H and O–H groups in total. The lowest BCUT2D eigenvalue weighted by Crippen LogP contribution is -2.42. The first kappa shape index (κ1) is 15.5. The second kappa shape index (κ2) is 9.15. The summed E-state index contributed by atoms with van der Waals surface area (Å²) in [4.78, 5) is 2.65. The van der Waals surface area contributed by atoms with Gasteiger partial charge in [0.1, 0.15) is 0 Å². The Hall–Kier alpha value is -0.860. The predicted molar refractivity (Wildman–Crippen MR) is 87.1 cm³/mol. The van der Waals surface area contributed by atoms with Crippen molar-refractivity contribution >= 4 is 0 Å². The van der Waals surface area contributed by atoms with Crippen LogP contribution in [0.3, 0.4) is 0 Å². The number of hydrogen-bond acceptors (Lipinski definition) is 2. The zero-order valence-electron chi connectivity index (χ0n) is 13.0. The van der Waals surface area contributed by atoms with E-state index in [1.54, 1.807) is 0 Å². The van der Waals surface area contributed by atoms with Crippen LogP contribution in [-0.4, -0.2) is 37.1 Å². The van der Waals surface area contributed by atoms with Crippen LogP contribution in [0.2, 0.25) is 0 Å². The molecule has 0 unspecified atom stereocenters. The number of unbranched alkanes of at least 4 members (excludes halogenated alkanes) is 1. The van der Waals surface area contributed by atoms with Crippen molar-refractivity contribution < 1.29 is 0 Å². The van der Waals surface area contributed by atoms with Crippen LogP contribution in [0.1, 0.15) is 44.6 Å². The van der Waals surface area contributed by atoms with E-state index in [2.05, 4.69) is 47.5 Å². The molecule has 20 heavy (non-hydrogen) atoms. The maximum Gasteiger partial charge on any atom is 0.00914 e. The van der Waals surface area contributed by atoms with E-state index in [1.165, 1.54) is 70.3 Å². The Bertz CT molecular complexity index is 342. The summed E-state index contributed by atoms with van der Waals surface area (Å²) in [5, 5.41) is 3.65. The molecule has 2 heteroatoms. The molecule has 0 aliphatic carbocycles.